The lowest BCUT2D eigenvalue weighted by Crippen LogP contribution is -2.02. The van der Waals surface area contributed by atoms with Crippen molar-refractivity contribution >= 4 is 5.78 Å². The maximum Gasteiger partial charge on any atom is 0.130 e. The van der Waals surface area contributed by atoms with E-state index in [9.17, 15) is 4.79 Å². The molecule has 0 aliphatic heterocycles. The number of carbonyl (C=O) groups excluding carboxylic acids is 1. The molecule has 0 aromatic carbocycles. The third-order valence-electron chi connectivity index (χ3n) is 2.45. The molecule has 0 radical (unpaired) electrons. The molecule has 1 aliphatic carbocycles. The van der Waals surface area contributed by atoms with Crippen LogP contribution in [-0.4, -0.2) is 5.78 Å². The van der Waals surface area contributed by atoms with Gasteiger partial charge in [-0.25, -0.2) is 0 Å². The molecule has 1 heteroatoms. The Labute approximate surface area is 56.4 Å². The van der Waals surface area contributed by atoms with Crippen LogP contribution in [0.4, 0.5) is 0 Å². The molecule has 1 rings (SSSR count). The Balaban J connectivity index is 2.37. The van der Waals surface area contributed by atoms with E-state index in [-0.39, 0.29) is 0 Å². The second-order valence-electron chi connectivity index (χ2n) is 3.64. The van der Waals surface area contributed by atoms with Crippen LogP contribution < -0.4 is 0 Å². The molecule has 0 N–H and O–H groups in total. The van der Waals surface area contributed by atoms with Crippen LogP contribution in [0, 0.1) is 11.3 Å². The molecule has 0 bridgehead atoms. The highest BCUT2D eigenvalue weighted by Crippen LogP contribution is 2.54. The molecule has 1 fully saturated rings. The molecule has 1 aliphatic rings. The fourth-order valence-corrected chi connectivity index (χ4v) is 1.46. The minimum atomic E-state index is 0.335. The first-order chi connectivity index (χ1) is 4.04. The predicted molar refractivity (Wildman–Crippen MR) is 37.2 cm³/mol. The molecule has 0 unspecified atom stereocenters. The fourth-order valence-electron chi connectivity index (χ4n) is 1.46. The van der Waals surface area contributed by atoms with Gasteiger partial charge in [-0.15, -0.1) is 0 Å². The average molecular weight is 126 g/mol. The highest BCUT2D eigenvalue weighted by Gasteiger charge is 2.46. The zero-order valence-corrected chi connectivity index (χ0v) is 6.40. The van der Waals surface area contributed by atoms with Gasteiger partial charge in [0, 0.05) is 6.42 Å². The van der Waals surface area contributed by atoms with Gasteiger partial charge in [-0.1, -0.05) is 13.8 Å². The molecule has 1 nitrogen and oxygen atoms in total. The first kappa shape index (κ1) is 6.79. The van der Waals surface area contributed by atoms with E-state index in [4.69, 9.17) is 0 Å². The van der Waals surface area contributed by atoms with E-state index in [2.05, 4.69) is 13.8 Å². The quantitative estimate of drug-likeness (QED) is 0.553. The molecule has 2 atom stereocenters. The highest BCUT2D eigenvalue weighted by atomic mass is 16.1. The molecule has 0 saturated heterocycles. The van der Waals surface area contributed by atoms with Crippen LogP contribution in [0.5, 0.6) is 0 Å². The summed E-state index contributed by atoms with van der Waals surface area (Å²) in [6, 6.07) is 0. The molecular formula is C8H14O. The predicted octanol–water partition coefficient (Wildman–Crippen LogP) is 2.01. The number of carbonyl (C=O) groups is 1. The van der Waals surface area contributed by atoms with Gasteiger partial charge < -0.3 is 4.79 Å². The SMILES string of the molecule is CC(=O)C[C@@]1(C)C[C@@H]1C. The van der Waals surface area contributed by atoms with E-state index < -0.39 is 0 Å². The third kappa shape index (κ3) is 1.32. The maximum atomic E-state index is 10.6. The molecular weight excluding hydrogens is 112 g/mol. The molecule has 1 saturated carbocycles. The molecule has 0 spiro atoms. The van der Waals surface area contributed by atoms with Gasteiger partial charge in [-0.2, -0.15) is 0 Å². The van der Waals surface area contributed by atoms with E-state index in [0.717, 1.165) is 12.3 Å². The largest absolute Gasteiger partial charge is 0.300 e. The lowest BCUT2D eigenvalue weighted by atomic mass is 10.0. The number of rotatable bonds is 2. The maximum absolute atomic E-state index is 10.6. The van der Waals surface area contributed by atoms with Gasteiger partial charge in [0.25, 0.3) is 0 Å². The van der Waals surface area contributed by atoms with Crippen molar-refractivity contribution < 1.29 is 4.79 Å². The number of ketones is 1. The second kappa shape index (κ2) is 1.83. The first-order valence-corrected chi connectivity index (χ1v) is 3.54. The summed E-state index contributed by atoms with van der Waals surface area (Å²) in [5.74, 6) is 1.11. The van der Waals surface area contributed by atoms with Crippen molar-refractivity contribution in [1.82, 2.24) is 0 Å². The van der Waals surface area contributed by atoms with Crippen LogP contribution in [0.3, 0.4) is 0 Å². The summed E-state index contributed by atoms with van der Waals surface area (Å²) in [6.07, 6.45) is 2.03. The van der Waals surface area contributed by atoms with Gasteiger partial charge >= 0.3 is 0 Å². The summed E-state index contributed by atoms with van der Waals surface area (Å²) < 4.78 is 0. The van der Waals surface area contributed by atoms with Crippen LogP contribution in [0.2, 0.25) is 0 Å². The van der Waals surface area contributed by atoms with E-state index >= 15 is 0 Å². The summed E-state index contributed by atoms with van der Waals surface area (Å²) in [7, 11) is 0. The zero-order chi connectivity index (χ0) is 7.07. The Bertz CT molecular complexity index is 140. The minimum Gasteiger partial charge on any atom is -0.300 e. The standard InChI is InChI=1S/C8H14O/c1-6-4-8(6,3)5-7(2)9/h6H,4-5H2,1-3H3/t6-,8+/m0/s1. The smallest absolute Gasteiger partial charge is 0.130 e. The third-order valence-corrected chi connectivity index (χ3v) is 2.45. The van der Waals surface area contributed by atoms with Crippen molar-refractivity contribution in [2.24, 2.45) is 11.3 Å². The number of hydrogen-bond donors (Lipinski definition) is 0. The van der Waals surface area contributed by atoms with Crippen LogP contribution in [0.15, 0.2) is 0 Å². The molecule has 9 heavy (non-hydrogen) atoms. The topological polar surface area (TPSA) is 17.1 Å². The average Bonchev–Trinajstić information content (AvgIpc) is 2.10. The monoisotopic (exact) mass is 126 g/mol. The van der Waals surface area contributed by atoms with Crippen LogP contribution in [-0.2, 0) is 4.79 Å². The minimum absolute atomic E-state index is 0.335. The lowest BCUT2D eigenvalue weighted by molar-refractivity contribution is -0.118. The molecule has 0 aromatic heterocycles. The van der Waals surface area contributed by atoms with Crippen molar-refractivity contribution in [2.75, 3.05) is 0 Å². The summed E-state index contributed by atoms with van der Waals surface area (Å²) in [5, 5.41) is 0. The summed E-state index contributed by atoms with van der Waals surface area (Å²) in [4.78, 5) is 10.6. The first-order valence-electron chi connectivity index (χ1n) is 3.54. The number of hydrogen-bond acceptors (Lipinski definition) is 1. The van der Waals surface area contributed by atoms with Gasteiger partial charge in [0.05, 0.1) is 0 Å². The van der Waals surface area contributed by atoms with E-state index in [0.29, 0.717) is 11.2 Å². The van der Waals surface area contributed by atoms with Gasteiger partial charge in [-0.05, 0) is 24.7 Å². The second-order valence-corrected chi connectivity index (χ2v) is 3.64. The molecule has 52 valence electrons. The summed E-state index contributed by atoms with van der Waals surface area (Å²) >= 11 is 0. The van der Waals surface area contributed by atoms with Crippen LogP contribution in [0.25, 0.3) is 0 Å². The van der Waals surface area contributed by atoms with Crippen molar-refractivity contribution in [3.63, 3.8) is 0 Å². The summed E-state index contributed by atoms with van der Waals surface area (Å²) in [5.41, 5.74) is 0.381. The van der Waals surface area contributed by atoms with Crippen LogP contribution >= 0.6 is 0 Å². The van der Waals surface area contributed by atoms with Crippen molar-refractivity contribution in [2.45, 2.75) is 33.6 Å². The van der Waals surface area contributed by atoms with E-state index in [1.165, 1.54) is 6.42 Å². The molecule has 0 aromatic rings. The Morgan fingerprint density at radius 3 is 2.33 bits per heavy atom. The Morgan fingerprint density at radius 2 is 2.22 bits per heavy atom. The van der Waals surface area contributed by atoms with Crippen molar-refractivity contribution in [3.05, 3.63) is 0 Å². The van der Waals surface area contributed by atoms with Gasteiger partial charge in [0.1, 0.15) is 5.78 Å². The van der Waals surface area contributed by atoms with Crippen LogP contribution in [0.1, 0.15) is 33.6 Å². The summed E-state index contributed by atoms with van der Waals surface area (Å²) in [6.45, 7) is 6.08. The molecule has 0 amide bonds. The van der Waals surface area contributed by atoms with Crippen molar-refractivity contribution in [3.8, 4) is 0 Å². The van der Waals surface area contributed by atoms with Crippen molar-refractivity contribution in [1.29, 1.82) is 0 Å². The van der Waals surface area contributed by atoms with Gasteiger partial charge in [-0.3, -0.25) is 0 Å². The Kier molecular flexibility index (Phi) is 1.38. The fraction of sp³-hybridized carbons (Fsp3) is 0.875. The lowest BCUT2D eigenvalue weighted by Gasteiger charge is -2.03. The van der Waals surface area contributed by atoms with Gasteiger partial charge in [0.2, 0.25) is 0 Å². The Hall–Kier alpha value is -0.330. The Morgan fingerprint density at radius 1 is 1.78 bits per heavy atom. The van der Waals surface area contributed by atoms with Gasteiger partial charge in [0.15, 0.2) is 0 Å². The normalized spacial score (nSPS) is 40.6. The zero-order valence-electron chi connectivity index (χ0n) is 6.40. The van der Waals surface area contributed by atoms with E-state index in [1.54, 1.807) is 6.92 Å². The highest BCUT2D eigenvalue weighted by molar-refractivity contribution is 5.76. The molecule has 0 heterocycles. The van der Waals surface area contributed by atoms with E-state index in [1.807, 2.05) is 0 Å². The number of Topliss-reactive ketones (excluding diaryl/α,β-unsaturated/α-hetero) is 1.